The molecule has 4 atom stereocenters. The van der Waals surface area contributed by atoms with Crippen molar-refractivity contribution in [3.8, 4) is 0 Å². The first-order chi connectivity index (χ1) is 12.2. The monoisotopic (exact) mass is 346 g/mol. The highest BCUT2D eigenvalue weighted by atomic mass is 16.5. The number of nitrogens with zero attached hydrogens (tertiary/aromatic N) is 2. The van der Waals surface area contributed by atoms with Crippen LogP contribution in [-0.4, -0.2) is 65.5 Å². The maximum Gasteiger partial charge on any atom is 0.223 e. The van der Waals surface area contributed by atoms with Gasteiger partial charge in [0, 0.05) is 62.9 Å². The van der Waals surface area contributed by atoms with E-state index in [1.807, 2.05) is 17.0 Å². The number of ether oxygens (including phenoxy) is 2. The number of fused-ring (bicyclic) bond motifs is 3. The summed E-state index contributed by atoms with van der Waals surface area (Å²) in [4.78, 5) is 19.0. The molecule has 1 aromatic heterocycles. The molecule has 3 fully saturated rings. The summed E-state index contributed by atoms with van der Waals surface area (Å²) in [6, 6.07) is 3.99. The maximum absolute atomic E-state index is 13.0. The minimum absolute atomic E-state index is 0.00576. The lowest BCUT2D eigenvalue weighted by Crippen LogP contribution is -2.68. The van der Waals surface area contributed by atoms with Gasteiger partial charge in [-0.05, 0) is 30.5 Å². The molecule has 1 aromatic rings. The Morgan fingerprint density at radius 3 is 2.92 bits per heavy atom. The van der Waals surface area contributed by atoms with E-state index in [2.05, 4.69) is 4.98 Å². The first-order valence-corrected chi connectivity index (χ1v) is 9.25. The van der Waals surface area contributed by atoms with Crippen LogP contribution in [0.15, 0.2) is 24.5 Å². The van der Waals surface area contributed by atoms with Gasteiger partial charge in [0.2, 0.25) is 5.91 Å². The predicted octanol–water partition coefficient (Wildman–Crippen LogP) is 1.03. The third-order valence-electron chi connectivity index (χ3n) is 6.15. The van der Waals surface area contributed by atoms with Crippen molar-refractivity contribution in [3.63, 3.8) is 0 Å². The lowest BCUT2D eigenvalue weighted by molar-refractivity contribution is -0.219. The topological polar surface area (TPSA) is 71.9 Å². The molecule has 6 nitrogen and oxygen atoms in total. The van der Waals surface area contributed by atoms with Crippen molar-refractivity contribution < 1.29 is 19.4 Å². The Bertz CT molecular complexity index is 611. The molecule has 4 rings (SSSR count). The van der Waals surface area contributed by atoms with Gasteiger partial charge in [0.05, 0.1) is 18.8 Å². The summed E-state index contributed by atoms with van der Waals surface area (Å²) in [5.74, 6) is 0.143. The Morgan fingerprint density at radius 1 is 1.28 bits per heavy atom. The fraction of sp³-hybridized carbons (Fsp3) is 0.684. The fourth-order valence-corrected chi connectivity index (χ4v) is 4.69. The van der Waals surface area contributed by atoms with Crippen molar-refractivity contribution in [1.82, 2.24) is 9.88 Å². The standard InChI is InChI=1S/C19H26N2O4/c22-18(2-1-14-3-7-20-8-4-14)21-11-15-12-25-10-6-19(15,23)16-13-24-9-5-17(16)21/h3-4,7-8,15-17,23H,1-2,5-6,9-13H2/t15-,16+,17-,19-/m0/s1. The van der Waals surface area contributed by atoms with Crippen molar-refractivity contribution in [1.29, 1.82) is 0 Å². The highest BCUT2D eigenvalue weighted by Gasteiger charge is 2.56. The number of rotatable bonds is 3. The number of piperidine rings is 1. The molecule has 3 aliphatic rings. The normalized spacial score (nSPS) is 34.9. The van der Waals surface area contributed by atoms with Crippen LogP contribution in [0.4, 0.5) is 0 Å². The molecule has 0 aliphatic carbocycles. The van der Waals surface area contributed by atoms with Crippen LogP contribution < -0.4 is 0 Å². The quantitative estimate of drug-likeness (QED) is 0.885. The summed E-state index contributed by atoms with van der Waals surface area (Å²) in [6.07, 6.45) is 6.17. The average Bonchev–Trinajstić information content (AvgIpc) is 2.66. The molecule has 3 aliphatic heterocycles. The molecular formula is C19H26N2O4. The third-order valence-corrected chi connectivity index (χ3v) is 6.15. The number of aryl methyl sites for hydroxylation is 1. The molecule has 136 valence electrons. The maximum atomic E-state index is 13.0. The van der Waals surface area contributed by atoms with Gasteiger partial charge in [0.25, 0.3) is 0 Å². The van der Waals surface area contributed by atoms with Gasteiger partial charge in [0.1, 0.15) is 0 Å². The number of pyridine rings is 1. The lowest BCUT2D eigenvalue weighted by atomic mass is 9.66. The van der Waals surface area contributed by atoms with Crippen molar-refractivity contribution in [2.45, 2.75) is 37.3 Å². The summed E-state index contributed by atoms with van der Waals surface area (Å²) in [5, 5.41) is 11.3. The van der Waals surface area contributed by atoms with E-state index in [1.54, 1.807) is 12.4 Å². The Hall–Kier alpha value is -1.50. The molecule has 4 heterocycles. The van der Waals surface area contributed by atoms with Crippen molar-refractivity contribution in [2.24, 2.45) is 11.8 Å². The highest BCUT2D eigenvalue weighted by molar-refractivity contribution is 5.77. The van der Waals surface area contributed by atoms with Crippen LogP contribution in [0.3, 0.4) is 0 Å². The molecule has 0 unspecified atom stereocenters. The Balaban J connectivity index is 1.49. The Labute approximate surface area is 148 Å². The van der Waals surface area contributed by atoms with E-state index in [0.717, 1.165) is 18.4 Å². The number of aromatic nitrogens is 1. The smallest absolute Gasteiger partial charge is 0.223 e. The summed E-state index contributed by atoms with van der Waals surface area (Å²) >= 11 is 0. The number of hydrogen-bond acceptors (Lipinski definition) is 5. The summed E-state index contributed by atoms with van der Waals surface area (Å²) in [6.45, 7) is 2.89. The van der Waals surface area contributed by atoms with Gasteiger partial charge in [-0.1, -0.05) is 0 Å². The molecular weight excluding hydrogens is 320 g/mol. The summed E-state index contributed by atoms with van der Waals surface area (Å²) in [5.41, 5.74) is 0.368. The number of aliphatic hydroxyl groups is 1. The van der Waals surface area contributed by atoms with E-state index in [9.17, 15) is 9.90 Å². The average molecular weight is 346 g/mol. The Kier molecular flexibility index (Phi) is 4.75. The van der Waals surface area contributed by atoms with Gasteiger partial charge in [-0.2, -0.15) is 0 Å². The van der Waals surface area contributed by atoms with Crippen LogP contribution in [0.5, 0.6) is 0 Å². The van der Waals surface area contributed by atoms with Crippen LogP contribution in [0.1, 0.15) is 24.8 Å². The fourth-order valence-electron chi connectivity index (χ4n) is 4.69. The molecule has 6 heteroatoms. The van der Waals surface area contributed by atoms with Crippen molar-refractivity contribution in [2.75, 3.05) is 33.0 Å². The lowest BCUT2D eigenvalue weighted by Gasteiger charge is -2.57. The molecule has 1 amide bonds. The molecule has 1 N–H and O–H groups in total. The van der Waals surface area contributed by atoms with Gasteiger partial charge < -0.3 is 19.5 Å². The largest absolute Gasteiger partial charge is 0.389 e. The van der Waals surface area contributed by atoms with E-state index in [0.29, 0.717) is 45.8 Å². The molecule has 0 spiro atoms. The van der Waals surface area contributed by atoms with Crippen molar-refractivity contribution in [3.05, 3.63) is 30.1 Å². The molecule has 25 heavy (non-hydrogen) atoms. The summed E-state index contributed by atoms with van der Waals surface area (Å²) in [7, 11) is 0. The van der Waals surface area contributed by atoms with Crippen molar-refractivity contribution >= 4 is 5.91 Å². The summed E-state index contributed by atoms with van der Waals surface area (Å²) < 4.78 is 11.3. The first kappa shape index (κ1) is 16.9. The molecule has 0 saturated carbocycles. The highest BCUT2D eigenvalue weighted by Crippen LogP contribution is 2.44. The van der Waals surface area contributed by atoms with Gasteiger partial charge in [-0.3, -0.25) is 9.78 Å². The molecule has 0 radical (unpaired) electrons. The number of hydrogen-bond donors (Lipinski definition) is 1. The van der Waals surface area contributed by atoms with Crippen LogP contribution >= 0.6 is 0 Å². The van der Waals surface area contributed by atoms with E-state index >= 15 is 0 Å². The van der Waals surface area contributed by atoms with Crippen LogP contribution in [0.25, 0.3) is 0 Å². The van der Waals surface area contributed by atoms with E-state index in [-0.39, 0.29) is 23.8 Å². The Morgan fingerprint density at radius 2 is 2.08 bits per heavy atom. The number of carbonyl (C=O) groups excluding carboxylic acids is 1. The van der Waals surface area contributed by atoms with E-state index in [1.165, 1.54) is 0 Å². The van der Waals surface area contributed by atoms with Crippen LogP contribution in [0.2, 0.25) is 0 Å². The minimum Gasteiger partial charge on any atom is -0.389 e. The zero-order valence-electron chi connectivity index (χ0n) is 14.5. The second-order valence-electron chi connectivity index (χ2n) is 7.45. The zero-order valence-corrected chi connectivity index (χ0v) is 14.5. The van der Waals surface area contributed by atoms with Gasteiger partial charge in [-0.15, -0.1) is 0 Å². The molecule has 0 aromatic carbocycles. The van der Waals surface area contributed by atoms with Crippen LogP contribution in [-0.2, 0) is 20.7 Å². The number of carbonyl (C=O) groups is 1. The first-order valence-electron chi connectivity index (χ1n) is 9.25. The SMILES string of the molecule is O=C(CCc1ccncc1)N1C[C@H]2COCC[C@@]2(O)[C@@H]2COCC[C@@H]21. The zero-order chi connectivity index (χ0) is 17.3. The van der Waals surface area contributed by atoms with Gasteiger partial charge in [0.15, 0.2) is 0 Å². The second-order valence-corrected chi connectivity index (χ2v) is 7.45. The van der Waals surface area contributed by atoms with E-state index < -0.39 is 5.60 Å². The predicted molar refractivity (Wildman–Crippen MR) is 90.9 cm³/mol. The van der Waals surface area contributed by atoms with Crippen LogP contribution in [0, 0.1) is 11.8 Å². The molecule has 3 saturated heterocycles. The van der Waals surface area contributed by atoms with E-state index in [4.69, 9.17) is 9.47 Å². The minimum atomic E-state index is -0.759. The van der Waals surface area contributed by atoms with Gasteiger partial charge >= 0.3 is 0 Å². The number of likely N-dealkylation sites (tertiary alicyclic amines) is 1. The third kappa shape index (κ3) is 3.18. The second kappa shape index (κ2) is 7.02. The molecule has 0 bridgehead atoms. The van der Waals surface area contributed by atoms with Gasteiger partial charge in [-0.25, -0.2) is 0 Å². The number of amides is 1.